The summed E-state index contributed by atoms with van der Waals surface area (Å²) in [6.07, 6.45) is 5.82. The van der Waals surface area contributed by atoms with E-state index in [1.165, 1.54) is 12.8 Å². The molecule has 1 amide bonds. The Balaban J connectivity index is 1.99. The zero-order valence-electron chi connectivity index (χ0n) is 12.6. The summed E-state index contributed by atoms with van der Waals surface area (Å²) in [5.74, 6) is -0.326. The zero-order chi connectivity index (χ0) is 15.9. The number of rotatable bonds is 7. The summed E-state index contributed by atoms with van der Waals surface area (Å²) in [7, 11) is 0. The number of nitrogens with zero attached hydrogens (tertiary/aromatic N) is 2. The van der Waals surface area contributed by atoms with Gasteiger partial charge in [0.05, 0.1) is 5.52 Å². The molecule has 1 heterocycles. The summed E-state index contributed by atoms with van der Waals surface area (Å²) in [5, 5.41) is 18.2. The van der Waals surface area contributed by atoms with E-state index < -0.39 is 0 Å². The number of azo groups is 1. The van der Waals surface area contributed by atoms with Crippen LogP contribution < -0.4 is 0 Å². The van der Waals surface area contributed by atoms with Crippen LogP contribution in [-0.4, -0.2) is 16.0 Å². The number of carbonyl (C=O) groups is 1. The highest BCUT2D eigenvalue weighted by molar-refractivity contribution is 9.10. The number of hydrogen-bond donors (Lipinski definition) is 2. The molecule has 2 aromatic rings. The quantitative estimate of drug-likeness (QED) is 0.494. The molecule has 0 aliphatic carbocycles. The fourth-order valence-corrected chi connectivity index (χ4v) is 2.63. The lowest BCUT2D eigenvalue weighted by Crippen LogP contribution is -1.91. The van der Waals surface area contributed by atoms with E-state index in [2.05, 4.69) is 38.1 Å². The normalized spacial score (nSPS) is 11.5. The molecule has 1 aromatic heterocycles. The van der Waals surface area contributed by atoms with Gasteiger partial charge in [0.15, 0.2) is 5.69 Å². The maximum Gasteiger partial charge on any atom is 0.264 e. The SMILES string of the molecule is CCCCCCCC(=O)N=Nc1c(O)[nH]c2ccc(Br)cc12. The van der Waals surface area contributed by atoms with E-state index in [-0.39, 0.29) is 11.8 Å². The van der Waals surface area contributed by atoms with Crippen LogP contribution in [0.5, 0.6) is 5.88 Å². The summed E-state index contributed by atoms with van der Waals surface area (Å²) < 4.78 is 0.873. The van der Waals surface area contributed by atoms with Crippen molar-refractivity contribution in [1.29, 1.82) is 0 Å². The first-order chi connectivity index (χ1) is 10.6. The van der Waals surface area contributed by atoms with Gasteiger partial charge in [0.25, 0.3) is 5.91 Å². The van der Waals surface area contributed by atoms with Crippen molar-refractivity contribution in [2.45, 2.75) is 45.4 Å². The minimum Gasteiger partial charge on any atom is -0.493 e. The topological polar surface area (TPSA) is 77.8 Å². The smallest absolute Gasteiger partial charge is 0.264 e. The Kier molecular flexibility index (Phi) is 6.12. The number of aromatic hydroxyl groups is 1. The minimum atomic E-state index is -0.250. The van der Waals surface area contributed by atoms with Crippen LogP contribution >= 0.6 is 15.9 Å². The van der Waals surface area contributed by atoms with Crippen LogP contribution in [0.25, 0.3) is 10.9 Å². The molecule has 0 radical (unpaired) electrons. The maximum atomic E-state index is 11.7. The molecule has 0 aliphatic rings. The third-order valence-corrected chi connectivity index (χ3v) is 3.96. The summed E-state index contributed by atoms with van der Waals surface area (Å²) >= 11 is 3.38. The van der Waals surface area contributed by atoms with Gasteiger partial charge in [0.2, 0.25) is 5.88 Å². The molecular weight excluding hydrogens is 346 g/mol. The molecule has 0 spiro atoms. The van der Waals surface area contributed by atoms with Crippen LogP contribution in [0.15, 0.2) is 32.9 Å². The number of hydrogen-bond acceptors (Lipinski definition) is 3. The fourth-order valence-electron chi connectivity index (χ4n) is 2.27. The molecule has 0 atom stereocenters. The molecule has 1 aromatic carbocycles. The number of amides is 1. The third-order valence-electron chi connectivity index (χ3n) is 3.47. The number of aromatic nitrogens is 1. The van der Waals surface area contributed by atoms with E-state index >= 15 is 0 Å². The lowest BCUT2D eigenvalue weighted by atomic mass is 10.1. The second kappa shape index (κ2) is 8.08. The summed E-state index contributed by atoms with van der Waals surface area (Å²) in [4.78, 5) is 14.5. The molecule has 0 unspecified atom stereocenters. The van der Waals surface area contributed by atoms with Crippen molar-refractivity contribution in [3.63, 3.8) is 0 Å². The van der Waals surface area contributed by atoms with Crippen molar-refractivity contribution in [3.8, 4) is 5.88 Å². The lowest BCUT2D eigenvalue weighted by molar-refractivity contribution is -0.118. The van der Waals surface area contributed by atoms with Crippen molar-refractivity contribution in [2.24, 2.45) is 10.2 Å². The van der Waals surface area contributed by atoms with Crippen LogP contribution in [0, 0.1) is 0 Å². The molecule has 22 heavy (non-hydrogen) atoms. The molecule has 0 aliphatic heterocycles. The average Bonchev–Trinajstić information content (AvgIpc) is 2.80. The molecule has 5 nitrogen and oxygen atoms in total. The maximum absolute atomic E-state index is 11.7. The van der Waals surface area contributed by atoms with Crippen LogP contribution in [0.1, 0.15) is 45.4 Å². The van der Waals surface area contributed by atoms with Crippen LogP contribution in [-0.2, 0) is 4.79 Å². The van der Waals surface area contributed by atoms with Gasteiger partial charge < -0.3 is 10.1 Å². The second-order valence-electron chi connectivity index (χ2n) is 5.27. The molecule has 0 saturated heterocycles. The van der Waals surface area contributed by atoms with Crippen molar-refractivity contribution >= 4 is 38.4 Å². The van der Waals surface area contributed by atoms with E-state index in [1.54, 1.807) is 0 Å². The van der Waals surface area contributed by atoms with Crippen molar-refractivity contribution in [2.75, 3.05) is 0 Å². The fraction of sp³-hybridized carbons (Fsp3) is 0.438. The summed E-state index contributed by atoms with van der Waals surface area (Å²) in [6, 6.07) is 5.52. The summed E-state index contributed by atoms with van der Waals surface area (Å²) in [5.41, 5.74) is 1.05. The predicted octanol–water partition coefficient (Wildman–Crippen LogP) is 5.61. The number of carbonyl (C=O) groups excluding carboxylic acids is 1. The average molecular weight is 366 g/mol. The van der Waals surface area contributed by atoms with E-state index in [9.17, 15) is 9.90 Å². The second-order valence-corrected chi connectivity index (χ2v) is 6.19. The van der Waals surface area contributed by atoms with Crippen molar-refractivity contribution in [1.82, 2.24) is 4.98 Å². The lowest BCUT2D eigenvalue weighted by Gasteiger charge is -1.97. The standard InChI is InChI=1S/C16H20BrN3O2/c1-2-3-4-5-6-7-14(21)19-20-15-12-10-11(17)8-9-13(12)18-16(15)22/h8-10,18,22H,2-7H2,1H3. The Bertz CT molecular complexity index is 679. The Morgan fingerprint density at radius 1 is 1.27 bits per heavy atom. The molecule has 0 fully saturated rings. The first kappa shape index (κ1) is 16.7. The number of fused-ring (bicyclic) bond motifs is 1. The van der Waals surface area contributed by atoms with Crippen LogP contribution in [0.4, 0.5) is 5.69 Å². The highest BCUT2D eigenvalue weighted by Crippen LogP contribution is 2.36. The van der Waals surface area contributed by atoms with Gasteiger partial charge in [-0.25, -0.2) is 0 Å². The molecule has 2 N–H and O–H groups in total. The molecule has 0 bridgehead atoms. The molecule has 2 rings (SSSR count). The molecule has 0 saturated carbocycles. The number of unbranched alkanes of at least 4 members (excludes halogenated alkanes) is 4. The molecular formula is C16H20BrN3O2. The van der Waals surface area contributed by atoms with Gasteiger partial charge in [-0.3, -0.25) is 4.79 Å². The van der Waals surface area contributed by atoms with Gasteiger partial charge in [0, 0.05) is 16.3 Å². The highest BCUT2D eigenvalue weighted by Gasteiger charge is 2.11. The minimum absolute atomic E-state index is 0.0763. The monoisotopic (exact) mass is 365 g/mol. The van der Waals surface area contributed by atoms with Gasteiger partial charge in [-0.15, -0.1) is 10.2 Å². The predicted molar refractivity (Wildman–Crippen MR) is 90.6 cm³/mol. The zero-order valence-corrected chi connectivity index (χ0v) is 14.2. The van der Waals surface area contributed by atoms with E-state index in [1.807, 2.05) is 18.2 Å². The number of H-pyrrole nitrogens is 1. The third kappa shape index (κ3) is 4.40. The number of aromatic amines is 1. The Morgan fingerprint density at radius 2 is 2.05 bits per heavy atom. The van der Waals surface area contributed by atoms with E-state index in [0.29, 0.717) is 12.1 Å². The van der Waals surface area contributed by atoms with Crippen molar-refractivity contribution in [3.05, 3.63) is 22.7 Å². The Morgan fingerprint density at radius 3 is 2.82 bits per heavy atom. The van der Waals surface area contributed by atoms with E-state index in [0.717, 1.165) is 34.6 Å². The van der Waals surface area contributed by atoms with Gasteiger partial charge in [-0.05, 0) is 24.6 Å². The number of benzene rings is 1. The summed E-state index contributed by atoms with van der Waals surface area (Å²) in [6.45, 7) is 2.16. The van der Waals surface area contributed by atoms with E-state index in [4.69, 9.17) is 0 Å². The number of nitrogens with one attached hydrogen (secondary N) is 1. The van der Waals surface area contributed by atoms with Crippen molar-refractivity contribution < 1.29 is 9.90 Å². The molecule has 118 valence electrons. The largest absolute Gasteiger partial charge is 0.493 e. The van der Waals surface area contributed by atoms with Crippen LogP contribution in [0.2, 0.25) is 0 Å². The van der Waals surface area contributed by atoms with Gasteiger partial charge in [0.1, 0.15) is 0 Å². The first-order valence-corrected chi connectivity index (χ1v) is 8.36. The first-order valence-electron chi connectivity index (χ1n) is 7.56. The van der Waals surface area contributed by atoms with Gasteiger partial charge in [-0.2, -0.15) is 0 Å². The van der Waals surface area contributed by atoms with Crippen LogP contribution in [0.3, 0.4) is 0 Å². The molecule has 6 heteroatoms. The Labute approximate surface area is 138 Å². The highest BCUT2D eigenvalue weighted by atomic mass is 79.9. The van der Waals surface area contributed by atoms with Gasteiger partial charge in [-0.1, -0.05) is 48.5 Å². The Hall–Kier alpha value is -1.69. The van der Waals surface area contributed by atoms with Gasteiger partial charge >= 0.3 is 0 Å². The number of halogens is 1.